The van der Waals surface area contributed by atoms with Crippen molar-refractivity contribution < 1.29 is 9.18 Å². The monoisotopic (exact) mass is 456 g/mol. The smallest absolute Gasteiger partial charge is 0.282 e. The second-order valence-electron chi connectivity index (χ2n) is 6.68. The van der Waals surface area contributed by atoms with Crippen molar-refractivity contribution in [1.82, 2.24) is 29.7 Å². The number of hydrogen-bond acceptors (Lipinski definition) is 9. The van der Waals surface area contributed by atoms with Crippen LogP contribution in [0.4, 0.5) is 4.39 Å². The number of thioether (sulfide) groups is 1. The van der Waals surface area contributed by atoms with Crippen LogP contribution in [0.1, 0.15) is 15.6 Å². The minimum Gasteiger partial charge on any atom is -0.298 e. The van der Waals surface area contributed by atoms with E-state index in [1.165, 1.54) is 52.2 Å². The summed E-state index contributed by atoms with van der Waals surface area (Å²) in [6.45, 7) is 2.10. The summed E-state index contributed by atoms with van der Waals surface area (Å²) in [5.74, 6) is -0.262. The molecule has 0 atom stereocenters. The van der Waals surface area contributed by atoms with Gasteiger partial charge in [-0.2, -0.15) is 0 Å². The van der Waals surface area contributed by atoms with Crippen molar-refractivity contribution in [1.29, 1.82) is 0 Å². The van der Waals surface area contributed by atoms with E-state index in [1.54, 1.807) is 12.1 Å². The Bertz CT molecular complexity index is 1310. The Morgan fingerprint density at radius 3 is 2.84 bits per heavy atom. The van der Waals surface area contributed by atoms with Gasteiger partial charge in [-0.1, -0.05) is 23.9 Å². The minimum absolute atomic E-state index is 0.0497. The first-order valence-electron chi connectivity index (χ1n) is 9.39. The zero-order chi connectivity index (χ0) is 21.8. The summed E-state index contributed by atoms with van der Waals surface area (Å²) in [6, 6.07) is 6.22. The van der Waals surface area contributed by atoms with Crippen molar-refractivity contribution >= 4 is 40.0 Å². The first-order chi connectivity index (χ1) is 15.0. The van der Waals surface area contributed by atoms with Gasteiger partial charge in [-0.25, -0.2) is 19.3 Å². The first-order valence-corrected chi connectivity index (χ1v) is 11.2. The van der Waals surface area contributed by atoms with E-state index in [4.69, 9.17) is 0 Å². The largest absolute Gasteiger partial charge is 0.298 e. The van der Waals surface area contributed by atoms with Crippen molar-refractivity contribution in [2.75, 3.05) is 5.75 Å². The predicted octanol–water partition coefficient (Wildman–Crippen LogP) is 2.63. The molecule has 0 saturated heterocycles. The molecule has 4 aromatic rings. The van der Waals surface area contributed by atoms with E-state index in [0.717, 1.165) is 10.6 Å². The molecular weight excluding hydrogens is 439 g/mol. The fraction of sp³-hybridized carbons (Fsp3) is 0.250. The standard InChI is InChI=1S/C20H17FN6O2S2/c1-12-25-26-16(31-12)10-15(28)11-30-20-24-18-17(22-6-7-23-18)19(29)27(20)8-5-13-3-2-4-14(21)9-13/h2-4,6-7,9H,5,8,10-11H2,1H3. The first kappa shape index (κ1) is 21.2. The molecule has 0 aliphatic rings. The molecule has 3 aromatic heterocycles. The molecule has 0 spiro atoms. The summed E-state index contributed by atoms with van der Waals surface area (Å²) >= 11 is 2.55. The molecule has 4 rings (SSSR count). The maximum atomic E-state index is 13.5. The zero-order valence-corrected chi connectivity index (χ0v) is 18.1. The molecule has 0 N–H and O–H groups in total. The fourth-order valence-electron chi connectivity index (χ4n) is 2.94. The molecule has 3 heterocycles. The number of nitrogens with zero attached hydrogens (tertiary/aromatic N) is 6. The Morgan fingerprint density at radius 2 is 2.06 bits per heavy atom. The van der Waals surface area contributed by atoms with E-state index in [9.17, 15) is 14.0 Å². The molecule has 0 amide bonds. The van der Waals surface area contributed by atoms with Gasteiger partial charge in [0, 0.05) is 18.9 Å². The number of aromatic nitrogens is 6. The Labute approximate surface area is 184 Å². The zero-order valence-electron chi connectivity index (χ0n) is 16.5. The highest BCUT2D eigenvalue weighted by Crippen LogP contribution is 2.18. The molecule has 0 saturated carbocycles. The molecule has 1 aromatic carbocycles. The van der Waals surface area contributed by atoms with Crippen molar-refractivity contribution in [2.45, 2.75) is 31.5 Å². The van der Waals surface area contributed by atoms with Crippen molar-refractivity contribution in [3.63, 3.8) is 0 Å². The third-order valence-corrected chi connectivity index (χ3v) is 6.23. The number of rotatable bonds is 8. The second-order valence-corrected chi connectivity index (χ2v) is 8.89. The van der Waals surface area contributed by atoms with Crippen LogP contribution in [0.2, 0.25) is 0 Å². The van der Waals surface area contributed by atoms with E-state index in [-0.39, 0.29) is 47.0 Å². The average molecular weight is 457 g/mol. The van der Waals surface area contributed by atoms with Crippen LogP contribution in [0.3, 0.4) is 0 Å². The van der Waals surface area contributed by atoms with Crippen LogP contribution in [0.15, 0.2) is 46.6 Å². The predicted molar refractivity (Wildman–Crippen MR) is 116 cm³/mol. The van der Waals surface area contributed by atoms with Gasteiger partial charge in [0.2, 0.25) is 0 Å². The molecule has 0 bridgehead atoms. The quantitative estimate of drug-likeness (QED) is 0.294. The van der Waals surface area contributed by atoms with Gasteiger partial charge in [-0.3, -0.25) is 14.2 Å². The van der Waals surface area contributed by atoms with Gasteiger partial charge in [0.05, 0.1) is 12.2 Å². The highest BCUT2D eigenvalue weighted by atomic mass is 32.2. The van der Waals surface area contributed by atoms with E-state index >= 15 is 0 Å². The Hall–Kier alpha value is -3.05. The van der Waals surface area contributed by atoms with Crippen LogP contribution in [0.25, 0.3) is 11.2 Å². The summed E-state index contributed by atoms with van der Waals surface area (Å²) in [4.78, 5) is 38.1. The number of aryl methyl sites for hydroxylation is 2. The van der Waals surface area contributed by atoms with Gasteiger partial charge in [0.15, 0.2) is 16.3 Å². The highest BCUT2D eigenvalue weighted by Gasteiger charge is 2.16. The number of fused-ring (bicyclic) bond motifs is 1. The molecule has 8 nitrogen and oxygen atoms in total. The topological polar surface area (TPSA) is 104 Å². The number of hydrogen-bond donors (Lipinski definition) is 0. The van der Waals surface area contributed by atoms with Gasteiger partial charge in [-0.15, -0.1) is 21.5 Å². The number of Topliss-reactive ketones (excluding diaryl/α,β-unsaturated/α-hetero) is 1. The van der Waals surface area contributed by atoms with Crippen molar-refractivity contribution in [3.8, 4) is 0 Å². The number of carbonyl (C=O) groups excluding carboxylic acids is 1. The number of carbonyl (C=O) groups is 1. The van der Waals surface area contributed by atoms with Crippen LogP contribution in [0.5, 0.6) is 0 Å². The minimum atomic E-state index is -0.343. The summed E-state index contributed by atoms with van der Waals surface area (Å²) in [5.41, 5.74) is 0.792. The second kappa shape index (κ2) is 9.40. The lowest BCUT2D eigenvalue weighted by atomic mass is 10.1. The molecule has 0 fully saturated rings. The Morgan fingerprint density at radius 1 is 1.23 bits per heavy atom. The number of halogens is 1. The van der Waals surface area contributed by atoms with Crippen LogP contribution >= 0.6 is 23.1 Å². The lowest BCUT2D eigenvalue weighted by Gasteiger charge is -2.12. The fourth-order valence-corrected chi connectivity index (χ4v) is 4.55. The summed E-state index contributed by atoms with van der Waals surface area (Å²) in [6.07, 6.45) is 3.50. The van der Waals surface area contributed by atoms with E-state index in [0.29, 0.717) is 16.6 Å². The third kappa shape index (κ3) is 5.17. The number of ketones is 1. The Kier molecular flexibility index (Phi) is 6.42. The summed E-state index contributed by atoms with van der Waals surface area (Å²) in [5, 5.41) is 9.72. The molecule has 0 unspecified atom stereocenters. The molecule has 0 aliphatic carbocycles. The SMILES string of the molecule is Cc1nnc(CC(=O)CSc2nc3nccnc3c(=O)n2CCc2cccc(F)c2)s1. The molecule has 11 heteroatoms. The molecule has 0 aliphatic heterocycles. The van der Waals surface area contributed by atoms with E-state index in [2.05, 4.69) is 25.1 Å². The third-order valence-electron chi connectivity index (χ3n) is 4.35. The van der Waals surface area contributed by atoms with E-state index in [1.807, 2.05) is 6.92 Å². The normalized spacial score (nSPS) is 11.2. The maximum Gasteiger partial charge on any atom is 0.282 e. The highest BCUT2D eigenvalue weighted by molar-refractivity contribution is 7.99. The molecule has 158 valence electrons. The van der Waals surface area contributed by atoms with Gasteiger partial charge in [0.25, 0.3) is 5.56 Å². The molecule has 31 heavy (non-hydrogen) atoms. The van der Waals surface area contributed by atoms with Crippen molar-refractivity contribution in [3.05, 3.63) is 68.4 Å². The lowest BCUT2D eigenvalue weighted by Crippen LogP contribution is -2.26. The average Bonchev–Trinajstić information content (AvgIpc) is 3.16. The van der Waals surface area contributed by atoms with E-state index < -0.39 is 0 Å². The Balaban J connectivity index is 1.57. The van der Waals surface area contributed by atoms with Crippen LogP contribution in [-0.4, -0.2) is 41.3 Å². The van der Waals surface area contributed by atoms with Crippen LogP contribution in [-0.2, 0) is 24.2 Å². The van der Waals surface area contributed by atoms with Gasteiger partial charge in [-0.05, 0) is 31.0 Å². The number of benzene rings is 1. The van der Waals surface area contributed by atoms with Crippen molar-refractivity contribution in [2.24, 2.45) is 0 Å². The van der Waals surface area contributed by atoms with Gasteiger partial charge < -0.3 is 0 Å². The lowest BCUT2D eigenvalue weighted by molar-refractivity contribution is -0.116. The molecular formula is C20H17FN6O2S2. The van der Waals surface area contributed by atoms with Gasteiger partial charge >= 0.3 is 0 Å². The van der Waals surface area contributed by atoms with Gasteiger partial charge in [0.1, 0.15) is 21.6 Å². The van der Waals surface area contributed by atoms with Crippen LogP contribution in [0, 0.1) is 12.7 Å². The van der Waals surface area contributed by atoms with Crippen LogP contribution < -0.4 is 5.56 Å². The molecule has 0 radical (unpaired) electrons. The maximum absolute atomic E-state index is 13.5. The summed E-state index contributed by atoms with van der Waals surface area (Å²) < 4.78 is 15.0. The summed E-state index contributed by atoms with van der Waals surface area (Å²) in [7, 11) is 0.